The number of hydrogen-bond acceptors (Lipinski definition) is 2. The number of benzene rings is 4. The molecule has 5 heteroatoms. The third-order valence-electron chi connectivity index (χ3n) is 5.94. The Hall–Kier alpha value is -2.35. The van der Waals surface area contributed by atoms with Crippen molar-refractivity contribution in [2.75, 3.05) is 27.2 Å². The summed E-state index contributed by atoms with van der Waals surface area (Å²) in [4.78, 5) is 2.20. The molecule has 184 valence electrons. The van der Waals surface area contributed by atoms with Crippen LogP contribution in [-0.4, -0.2) is 32.1 Å². The fourth-order valence-electron chi connectivity index (χ4n) is 4.37. The van der Waals surface area contributed by atoms with Gasteiger partial charge in [0.15, 0.2) is 5.75 Å². The summed E-state index contributed by atoms with van der Waals surface area (Å²) in [5.41, 5.74) is 1.35. The molecule has 0 amide bonds. The van der Waals surface area contributed by atoms with E-state index in [-0.39, 0.29) is 24.8 Å². The first-order valence-corrected chi connectivity index (χ1v) is 13.6. The Labute approximate surface area is 223 Å². The highest BCUT2D eigenvalue weighted by Gasteiger charge is 2.47. The molecule has 4 rings (SSSR count). The van der Waals surface area contributed by atoms with Gasteiger partial charge in [0.05, 0.1) is 12.8 Å². The summed E-state index contributed by atoms with van der Waals surface area (Å²) in [6.45, 7) is 1.73. The summed E-state index contributed by atoms with van der Waals surface area (Å²) >= 11 is 0. The first kappa shape index (κ1) is 28.9. The molecule has 0 fully saturated rings. The second kappa shape index (κ2) is 14.3. The van der Waals surface area contributed by atoms with Gasteiger partial charge in [0.2, 0.25) is 0 Å². The van der Waals surface area contributed by atoms with E-state index < -0.39 is 7.26 Å². The molecule has 0 aliphatic carbocycles. The zero-order valence-electron chi connectivity index (χ0n) is 20.4. The summed E-state index contributed by atoms with van der Waals surface area (Å²) < 4.78 is 6.48. The lowest BCUT2D eigenvalue weighted by atomic mass is 10.2. The number of ether oxygens (including phenoxy) is 1. The predicted molar refractivity (Wildman–Crippen MR) is 151 cm³/mol. The molecule has 0 N–H and O–H groups in total. The van der Waals surface area contributed by atoms with Crippen LogP contribution in [0.25, 0.3) is 0 Å². The van der Waals surface area contributed by atoms with Crippen LogP contribution in [0, 0.1) is 0 Å². The largest absolute Gasteiger partial charge is 1.00 e. The highest BCUT2D eigenvalue weighted by molar-refractivity contribution is 7.95. The number of rotatable bonds is 10. The van der Waals surface area contributed by atoms with Crippen LogP contribution in [0.2, 0.25) is 0 Å². The maximum absolute atomic E-state index is 6.48. The topological polar surface area (TPSA) is 12.5 Å². The zero-order valence-corrected chi connectivity index (χ0v) is 22.9. The molecule has 0 radical (unpaired) electrons. The fraction of sp³-hybridized carbons (Fsp3) is 0.200. The van der Waals surface area contributed by atoms with Gasteiger partial charge in [0.25, 0.3) is 0 Å². The van der Waals surface area contributed by atoms with Crippen LogP contribution in [0.3, 0.4) is 0 Å². The monoisotopic (exact) mass is 525 g/mol. The maximum Gasteiger partial charge on any atom is 0.162 e. The lowest BCUT2D eigenvalue weighted by Crippen LogP contribution is -3.00. The van der Waals surface area contributed by atoms with Crippen LogP contribution in [-0.2, 0) is 6.16 Å². The minimum atomic E-state index is -2.02. The molecule has 0 aromatic heterocycles. The van der Waals surface area contributed by atoms with Crippen molar-refractivity contribution < 1.29 is 17.1 Å². The highest BCUT2D eigenvalue weighted by atomic mass is 35.5. The molecule has 0 saturated carbocycles. The molecular formula is C30H34Cl2NOP. The first-order chi connectivity index (χ1) is 16.2. The van der Waals surface area contributed by atoms with Gasteiger partial charge in [-0.1, -0.05) is 78.9 Å². The van der Waals surface area contributed by atoms with Crippen LogP contribution in [0.1, 0.15) is 12.0 Å². The predicted octanol–water partition coefficient (Wildman–Crippen LogP) is 2.94. The van der Waals surface area contributed by atoms with Crippen LogP contribution in [0.15, 0.2) is 115 Å². The van der Waals surface area contributed by atoms with Gasteiger partial charge >= 0.3 is 0 Å². The van der Waals surface area contributed by atoms with Crippen LogP contribution >= 0.6 is 19.7 Å². The molecule has 0 atom stereocenters. The van der Waals surface area contributed by atoms with Crippen molar-refractivity contribution >= 4 is 35.6 Å². The van der Waals surface area contributed by atoms with Crippen molar-refractivity contribution in [3.8, 4) is 5.75 Å². The average Bonchev–Trinajstić information content (AvgIpc) is 2.87. The number of para-hydroxylation sites is 1. The average molecular weight is 526 g/mol. The lowest BCUT2D eigenvalue weighted by molar-refractivity contribution is -0.00000722. The Morgan fingerprint density at radius 1 is 0.657 bits per heavy atom. The van der Waals surface area contributed by atoms with E-state index in [9.17, 15) is 0 Å². The Balaban J connectivity index is 0.00000216. The second-order valence-electron chi connectivity index (χ2n) is 8.60. The van der Waals surface area contributed by atoms with Gasteiger partial charge in [-0.25, -0.2) is 0 Å². The Bertz CT molecular complexity index is 1090. The molecule has 0 saturated heterocycles. The van der Waals surface area contributed by atoms with Gasteiger partial charge in [0, 0.05) is 6.54 Å². The Morgan fingerprint density at radius 2 is 1.14 bits per heavy atom. The maximum atomic E-state index is 6.48. The standard InChI is InChI=1S/C30H33NOP.2ClH/c1-31(2)23-14-24-32-29-21-12-13-22-30(29)33(27-17-8-4-9-18-27,28-19-10-5-11-20-28)25-26-15-6-3-7-16-26;;/h3-13,15-22H,14,23-25H2,1-2H3;2*1H/q+1;;/p-1. The minimum absolute atomic E-state index is 0. The lowest BCUT2D eigenvalue weighted by Gasteiger charge is -2.29. The molecular weight excluding hydrogens is 492 g/mol. The molecule has 0 heterocycles. The molecule has 0 bridgehead atoms. The molecule has 0 spiro atoms. The van der Waals surface area contributed by atoms with E-state index in [2.05, 4.69) is 134 Å². The van der Waals surface area contributed by atoms with E-state index in [1.807, 2.05) is 0 Å². The molecule has 0 aliphatic heterocycles. The normalized spacial score (nSPS) is 10.8. The van der Waals surface area contributed by atoms with Gasteiger partial charge < -0.3 is 22.0 Å². The van der Waals surface area contributed by atoms with Crippen molar-refractivity contribution in [3.63, 3.8) is 0 Å². The van der Waals surface area contributed by atoms with E-state index in [1.165, 1.54) is 21.5 Å². The SMILES string of the molecule is CN(C)CCCOc1ccccc1[P+](Cc1ccccc1)(c1ccccc1)c1ccccc1.Cl.[Cl-]. The summed E-state index contributed by atoms with van der Waals surface area (Å²) in [7, 11) is 2.20. The van der Waals surface area contributed by atoms with Gasteiger partial charge in [0.1, 0.15) is 23.2 Å². The van der Waals surface area contributed by atoms with Crippen molar-refractivity contribution in [1.29, 1.82) is 0 Å². The van der Waals surface area contributed by atoms with Crippen LogP contribution < -0.4 is 33.1 Å². The molecule has 0 unspecified atom stereocenters. The molecule has 4 aromatic rings. The van der Waals surface area contributed by atoms with Gasteiger partial charge in [-0.2, -0.15) is 0 Å². The smallest absolute Gasteiger partial charge is 0.162 e. The summed E-state index contributed by atoms with van der Waals surface area (Å²) in [6, 6.07) is 41.6. The van der Waals surface area contributed by atoms with Crippen molar-refractivity contribution in [2.45, 2.75) is 12.6 Å². The van der Waals surface area contributed by atoms with Crippen LogP contribution in [0.4, 0.5) is 0 Å². The minimum Gasteiger partial charge on any atom is -1.00 e. The number of nitrogens with zero attached hydrogens (tertiary/aromatic N) is 1. The third-order valence-corrected chi connectivity index (χ3v) is 10.3. The molecule has 4 aromatic carbocycles. The van der Waals surface area contributed by atoms with Crippen molar-refractivity contribution in [1.82, 2.24) is 4.90 Å². The van der Waals surface area contributed by atoms with E-state index in [1.54, 1.807) is 0 Å². The first-order valence-electron chi connectivity index (χ1n) is 11.6. The quantitative estimate of drug-likeness (QED) is 0.233. The molecule has 2 nitrogen and oxygen atoms in total. The Morgan fingerprint density at radius 3 is 1.69 bits per heavy atom. The highest BCUT2D eigenvalue weighted by Crippen LogP contribution is 2.59. The van der Waals surface area contributed by atoms with E-state index in [0.717, 1.165) is 24.9 Å². The summed E-state index contributed by atoms with van der Waals surface area (Å²) in [5.74, 6) is 1.01. The summed E-state index contributed by atoms with van der Waals surface area (Å²) in [6.07, 6.45) is 1.96. The van der Waals surface area contributed by atoms with Crippen molar-refractivity contribution in [3.05, 3.63) is 121 Å². The molecule has 35 heavy (non-hydrogen) atoms. The van der Waals surface area contributed by atoms with Crippen molar-refractivity contribution in [2.24, 2.45) is 0 Å². The van der Waals surface area contributed by atoms with Gasteiger partial charge in [-0.05, 0) is 62.5 Å². The van der Waals surface area contributed by atoms with E-state index >= 15 is 0 Å². The fourth-order valence-corrected chi connectivity index (χ4v) is 8.74. The Kier molecular flexibility index (Phi) is 11.8. The van der Waals surface area contributed by atoms with Crippen LogP contribution in [0.5, 0.6) is 5.75 Å². The zero-order chi connectivity index (χ0) is 22.9. The van der Waals surface area contributed by atoms with Gasteiger partial charge in [-0.3, -0.25) is 0 Å². The van der Waals surface area contributed by atoms with E-state index in [0.29, 0.717) is 6.61 Å². The molecule has 0 aliphatic rings. The second-order valence-corrected chi connectivity index (χ2v) is 12.0. The van der Waals surface area contributed by atoms with E-state index in [4.69, 9.17) is 4.74 Å². The summed E-state index contributed by atoms with van der Waals surface area (Å²) in [5, 5.41) is 4.07. The van der Waals surface area contributed by atoms with Gasteiger partial charge in [-0.15, -0.1) is 12.4 Å². The number of halogens is 2. The number of hydrogen-bond donors (Lipinski definition) is 0. The third kappa shape index (κ3) is 7.09.